The molecule has 0 spiro atoms. The van der Waals surface area contributed by atoms with E-state index >= 15 is 0 Å². The van der Waals surface area contributed by atoms with Crippen LogP contribution < -0.4 is 5.32 Å². The van der Waals surface area contributed by atoms with Crippen LogP contribution in [-0.4, -0.2) is 34.3 Å². The first-order valence-corrected chi connectivity index (χ1v) is 5.83. The third-order valence-electron chi connectivity index (χ3n) is 1.71. The highest BCUT2D eigenvalue weighted by molar-refractivity contribution is 8.00. The van der Waals surface area contributed by atoms with Gasteiger partial charge < -0.3 is 10.4 Å². The second-order valence-electron chi connectivity index (χ2n) is 3.82. The third-order valence-corrected chi connectivity index (χ3v) is 2.44. The highest BCUT2D eigenvalue weighted by Crippen LogP contribution is 2.29. The van der Waals surface area contributed by atoms with Crippen molar-refractivity contribution < 1.29 is 27.9 Å². The number of nitrogens with one attached hydrogen (secondary N) is 1. The molecular formula is C9H14F3NO3S. The minimum Gasteiger partial charge on any atom is -0.480 e. The molecule has 1 atom stereocenters. The molecule has 0 aliphatic carbocycles. The molecule has 4 nitrogen and oxygen atoms in total. The van der Waals surface area contributed by atoms with Crippen LogP contribution in [0.3, 0.4) is 0 Å². The van der Waals surface area contributed by atoms with E-state index in [1.165, 1.54) is 0 Å². The van der Waals surface area contributed by atoms with E-state index in [0.717, 1.165) is 0 Å². The number of rotatable bonds is 6. The van der Waals surface area contributed by atoms with Gasteiger partial charge in [0.05, 0.1) is 5.75 Å². The molecule has 0 aromatic heterocycles. The predicted molar refractivity (Wildman–Crippen MR) is 57.5 cm³/mol. The quantitative estimate of drug-likeness (QED) is 0.775. The molecule has 0 aliphatic rings. The Bertz CT molecular complexity index is 281. The molecule has 8 heteroatoms. The predicted octanol–water partition coefficient (Wildman–Crippen LogP) is 1.85. The maximum absolute atomic E-state index is 11.8. The fourth-order valence-electron chi connectivity index (χ4n) is 1.08. The number of alkyl halides is 3. The Hall–Kier alpha value is -0.920. The topological polar surface area (TPSA) is 66.4 Å². The van der Waals surface area contributed by atoms with E-state index in [9.17, 15) is 22.8 Å². The summed E-state index contributed by atoms with van der Waals surface area (Å²) < 4.78 is 35.4. The van der Waals surface area contributed by atoms with E-state index in [-0.39, 0.29) is 12.3 Å². The lowest BCUT2D eigenvalue weighted by Gasteiger charge is -2.16. The summed E-state index contributed by atoms with van der Waals surface area (Å²) in [7, 11) is 0. The van der Waals surface area contributed by atoms with Crippen LogP contribution in [0.1, 0.15) is 20.3 Å². The van der Waals surface area contributed by atoms with Crippen LogP contribution in [0.2, 0.25) is 0 Å². The second kappa shape index (κ2) is 6.73. The van der Waals surface area contributed by atoms with Gasteiger partial charge in [0.15, 0.2) is 0 Å². The largest absolute Gasteiger partial charge is 0.480 e. The molecule has 0 heterocycles. The van der Waals surface area contributed by atoms with Crippen LogP contribution in [0.5, 0.6) is 0 Å². The van der Waals surface area contributed by atoms with Crippen molar-refractivity contribution >= 4 is 23.6 Å². The molecule has 17 heavy (non-hydrogen) atoms. The lowest BCUT2D eigenvalue weighted by molar-refractivity contribution is -0.141. The summed E-state index contributed by atoms with van der Waals surface area (Å²) >= 11 is -0.491. The summed E-state index contributed by atoms with van der Waals surface area (Å²) in [5, 5.41) is 10.8. The van der Waals surface area contributed by atoms with Crippen molar-refractivity contribution in [3.63, 3.8) is 0 Å². The van der Waals surface area contributed by atoms with Gasteiger partial charge in [0.2, 0.25) is 5.91 Å². The molecule has 0 radical (unpaired) electrons. The first-order valence-electron chi connectivity index (χ1n) is 4.84. The van der Waals surface area contributed by atoms with E-state index in [1.807, 2.05) is 0 Å². The molecule has 0 saturated carbocycles. The van der Waals surface area contributed by atoms with Crippen molar-refractivity contribution in [2.75, 3.05) is 5.75 Å². The number of carboxylic acid groups (broad SMARTS) is 1. The lowest BCUT2D eigenvalue weighted by atomic mass is 10.0. The number of carbonyl (C=O) groups excluding carboxylic acids is 1. The lowest BCUT2D eigenvalue weighted by Crippen LogP contribution is -2.42. The van der Waals surface area contributed by atoms with Crippen molar-refractivity contribution in [2.24, 2.45) is 5.92 Å². The van der Waals surface area contributed by atoms with E-state index < -0.39 is 40.9 Å². The number of halogens is 3. The maximum Gasteiger partial charge on any atom is 0.442 e. The fourth-order valence-corrected chi connectivity index (χ4v) is 1.45. The average molecular weight is 273 g/mol. The third kappa shape index (κ3) is 8.84. The Balaban J connectivity index is 4.18. The van der Waals surface area contributed by atoms with Crippen molar-refractivity contribution in [1.29, 1.82) is 0 Å². The highest BCUT2D eigenvalue weighted by Gasteiger charge is 2.30. The zero-order chi connectivity index (χ0) is 13.6. The molecule has 0 aliphatic heterocycles. The molecule has 0 bridgehead atoms. The van der Waals surface area contributed by atoms with Gasteiger partial charge in [-0.25, -0.2) is 4.79 Å². The zero-order valence-corrected chi connectivity index (χ0v) is 10.2. The second-order valence-corrected chi connectivity index (χ2v) is 4.86. The number of carbonyl (C=O) groups is 2. The van der Waals surface area contributed by atoms with Gasteiger partial charge in [0.1, 0.15) is 6.04 Å². The van der Waals surface area contributed by atoms with Crippen molar-refractivity contribution in [1.82, 2.24) is 5.32 Å². The molecule has 1 amide bonds. The van der Waals surface area contributed by atoms with E-state index in [0.29, 0.717) is 0 Å². The van der Waals surface area contributed by atoms with Gasteiger partial charge in [-0.05, 0) is 24.1 Å². The Morgan fingerprint density at radius 1 is 1.35 bits per heavy atom. The van der Waals surface area contributed by atoms with Gasteiger partial charge in [-0.1, -0.05) is 13.8 Å². The summed E-state index contributed by atoms with van der Waals surface area (Å²) in [5.41, 5.74) is -4.49. The summed E-state index contributed by atoms with van der Waals surface area (Å²) in [5.74, 6) is -2.98. The Kier molecular flexibility index (Phi) is 6.36. The summed E-state index contributed by atoms with van der Waals surface area (Å²) in [6.07, 6.45) is 0.178. The van der Waals surface area contributed by atoms with E-state index in [1.54, 1.807) is 13.8 Å². The molecule has 100 valence electrons. The molecular weight excluding hydrogens is 259 g/mol. The molecule has 0 fully saturated rings. The first-order chi connectivity index (χ1) is 7.61. The smallest absolute Gasteiger partial charge is 0.442 e. The molecule has 0 aromatic carbocycles. The van der Waals surface area contributed by atoms with Gasteiger partial charge in [-0.2, -0.15) is 13.2 Å². The number of amides is 1. The van der Waals surface area contributed by atoms with Crippen LogP contribution in [0, 0.1) is 5.92 Å². The average Bonchev–Trinajstić information content (AvgIpc) is 2.11. The minimum atomic E-state index is -4.49. The molecule has 1 unspecified atom stereocenters. The van der Waals surface area contributed by atoms with Gasteiger partial charge in [0.25, 0.3) is 0 Å². The van der Waals surface area contributed by atoms with E-state index in [2.05, 4.69) is 5.32 Å². The van der Waals surface area contributed by atoms with Crippen molar-refractivity contribution in [2.45, 2.75) is 31.8 Å². The first kappa shape index (κ1) is 16.1. The summed E-state index contributed by atoms with van der Waals surface area (Å²) in [4.78, 5) is 21.8. The number of thioether (sulfide) groups is 1. The van der Waals surface area contributed by atoms with E-state index in [4.69, 9.17) is 5.11 Å². The molecule has 0 rings (SSSR count). The van der Waals surface area contributed by atoms with Crippen LogP contribution >= 0.6 is 11.8 Å². The normalized spacial score (nSPS) is 13.5. The SMILES string of the molecule is CC(C)CC(NC(=O)CSC(F)(F)F)C(=O)O. The number of carboxylic acids is 1. The van der Waals surface area contributed by atoms with Crippen molar-refractivity contribution in [3.8, 4) is 0 Å². The Morgan fingerprint density at radius 3 is 2.24 bits per heavy atom. The fraction of sp³-hybridized carbons (Fsp3) is 0.778. The van der Waals surface area contributed by atoms with Crippen LogP contribution in [-0.2, 0) is 9.59 Å². The van der Waals surface area contributed by atoms with Gasteiger partial charge in [-0.3, -0.25) is 4.79 Å². The summed E-state index contributed by atoms with van der Waals surface area (Å²) in [6.45, 7) is 3.51. The van der Waals surface area contributed by atoms with Crippen LogP contribution in [0.15, 0.2) is 0 Å². The van der Waals surface area contributed by atoms with Crippen LogP contribution in [0.25, 0.3) is 0 Å². The van der Waals surface area contributed by atoms with Crippen LogP contribution in [0.4, 0.5) is 13.2 Å². The van der Waals surface area contributed by atoms with Gasteiger partial charge in [0, 0.05) is 0 Å². The number of hydrogen-bond donors (Lipinski definition) is 2. The molecule has 2 N–H and O–H groups in total. The minimum absolute atomic E-state index is 0.0201. The van der Waals surface area contributed by atoms with Gasteiger partial charge >= 0.3 is 11.5 Å². The molecule has 0 saturated heterocycles. The van der Waals surface area contributed by atoms with Crippen molar-refractivity contribution in [3.05, 3.63) is 0 Å². The Morgan fingerprint density at radius 2 is 1.88 bits per heavy atom. The maximum atomic E-state index is 11.8. The number of hydrogen-bond acceptors (Lipinski definition) is 3. The standard InChI is InChI=1S/C9H14F3NO3S/c1-5(2)3-6(8(15)16)13-7(14)4-17-9(10,11)12/h5-6H,3-4H2,1-2H3,(H,13,14)(H,15,16). The Labute approximate surface area is 101 Å². The highest BCUT2D eigenvalue weighted by atomic mass is 32.2. The van der Waals surface area contributed by atoms with Gasteiger partial charge in [-0.15, -0.1) is 0 Å². The zero-order valence-electron chi connectivity index (χ0n) is 9.37. The number of aliphatic carboxylic acids is 1. The summed E-state index contributed by atoms with van der Waals surface area (Å²) in [6, 6.07) is -1.14. The monoisotopic (exact) mass is 273 g/mol. The molecule has 0 aromatic rings.